The molecular weight excluding hydrogens is 372 g/mol. The molecule has 0 unspecified atom stereocenters. The lowest BCUT2D eigenvalue weighted by Gasteiger charge is -2.10. The number of nitrogen functional groups attached to an aromatic ring is 1. The van der Waals surface area contributed by atoms with Gasteiger partial charge in [-0.15, -0.1) is 5.10 Å². The van der Waals surface area contributed by atoms with Crippen LogP contribution in [0, 0.1) is 0 Å². The minimum Gasteiger partial charge on any atom is -0.368 e. The van der Waals surface area contributed by atoms with Crippen molar-refractivity contribution in [3.05, 3.63) is 66.5 Å². The van der Waals surface area contributed by atoms with Gasteiger partial charge < -0.3 is 11.1 Å². The molecule has 4 N–H and O–H groups in total. The number of H-pyrrole nitrogens is 1. The molecule has 0 aliphatic heterocycles. The third-order valence-electron chi connectivity index (χ3n) is 3.86. The summed E-state index contributed by atoms with van der Waals surface area (Å²) in [5, 5.41) is 10.9. The van der Waals surface area contributed by atoms with Crippen LogP contribution in [-0.2, 0) is 0 Å². The van der Waals surface area contributed by atoms with Crippen LogP contribution in [0.4, 0.5) is 17.6 Å². The molecule has 0 radical (unpaired) electrons. The van der Waals surface area contributed by atoms with Crippen molar-refractivity contribution in [2.45, 2.75) is 17.3 Å². The first-order valence-electron chi connectivity index (χ1n) is 8.65. The summed E-state index contributed by atoms with van der Waals surface area (Å²) < 4.78 is 0. The van der Waals surface area contributed by atoms with Crippen molar-refractivity contribution >= 4 is 29.3 Å². The van der Waals surface area contributed by atoms with E-state index in [1.54, 1.807) is 0 Å². The number of nitrogens with one attached hydrogen (secondary N) is 2. The predicted octanol–water partition coefficient (Wildman–Crippen LogP) is 3.84. The number of thioether (sulfide) groups is 1. The fourth-order valence-electron chi connectivity index (χ4n) is 2.53. The molecular formula is C19H18N8S. The number of nitrogens with zero attached hydrogens (tertiary/aromatic N) is 5. The largest absolute Gasteiger partial charge is 0.368 e. The Morgan fingerprint density at radius 1 is 0.929 bits per heavy atom. The molecule has 0 spiro atoms. The van der Waals surface area contributed by atoms with Crippen LogP contribution >= 0.6 is 11.8 Å². The maximum absolute atomic E-state index is 5.88. The highest BCUT2D eigenvalue weighted by molar-refractivity contribution is 7.99. The van der Waals surface area contributed by atoms with E-state index in [1.165, 1.54) is 11.8 Å². The Morgan fingerprint density at radius 2 is 1.64 bits per heavy atom. The second-order valence-electron chi connectivity index (χ2n) is 5.96. The Bertz CT molecular complexity index is 1050. The number of benzene rings is 2. The molecule has 0 bridgehead atoms. The van der Waals surface area contributed by atoms with Crippen LogP contribution in [-0.4, -0.2) is 30.1 Å². The topological polar surface area (TPSA) is 118 Å². The fraction of sp³-hybridized carbons (Fsp3) is 0.105. The first-order valence-corrected chi connectivity index (χ1v) is 9.53. The Hall–Kier alpha value is -3.46. The summed E-state index contributed by atoms with van der Waals surface area (Å²) in [7, 11) is 0. The van der Waals surface area contributed by atoms with Gasteiger partial charge in [-0.1, -0.05) is 60.3 Å². The van der Waals surface area contributed by atoms with Crippen molar-refractivity contribution in [1.82, 2.24) is 30.1 Å². The Morgan fingerprint density at radius 3 is 2.39 bits per heavy atom. The summed E-state index contributed by atoms with van der Waals surface area (Å²) >= 11 is 1.45. The highest BCUT2D eigenvalue weighted by Gasteiger charge is 2.17. The molecule has 8 nitrogen and oxygen atoms in total. The van der Waals surface area contributed by atoms with E-state index in [-0.39, 0.29) is 11.2 Å². The van der Waals surface area contributed by atoms with Crippen LogP contribution in [0.1, 0.15) is 18.0 Å². The van der Waals surface area contributed by atoms with E-state index in [9.17, 15) is 0 Å². The standard InChI is InChI=1S/C19H18N8S/c1-12(28-19-24-16(26-27-19)13-8-4-2-5-9-13)15-22-17(20)25-18(23-15)21-14-10-6-3-7-11-14/h2-12H,1H3,(H,24,26,27)(H3,20,21,22,23,25)/t12-/m0/s1. The molecule has 1 atom stereocenters. The zero-order valence-corrected chi connectivity index (χ0v) is 15.9. The highest BCUT2D eigenvalue weighted by Crippen LogP contribution is 2.32. The van der Waals surface area contributed by atoms with Gasteiger partial charge >= 0.3 is 0 Å². The van der Waals surface area contributed by atoms with E-state index in [1.807, 2.05) is 67.6 Å². The molecule has 0 amide bonds. The van der Waals surface area contributed by atoms with Crippen molar-refractivity contribution in [1.29, 1.82) is 0 Å². The summed E-state index contributed by atoms with van der Waals surface area (Å²) in [4.78, 5) is 17.5. The maximum Gasteiger partial charge on any atom is 0.232 e. The number of anilines is 3. The number of aromatic amines is 1. The van der Waals surface area contributed by atoms with Crippen LogP contribution in [0.3, 0.4) is 0 Å². The number of para-hydroxylation sites is 1. The average molecular weight is 390 g/mol. The molecule has 2 aromatic heterocycles. The highest BCUT2D eigenvalue weighted by atomic mass is 32.2. The molecule has 2 aromatic carbocycles. The van der Waals surface area contributed by atoms with Crippen LogP contribution < -0.4 is 11.1 Å². The van der Waals surface area contributed by atoms with Gasteiger partial charge in [-0.2, -0.15) is 15.0 Å². The molecule has 0 fully saturated rings. The molecule has 0 saturated carbocycles. The molecule has 4 aromatic rings. The third-order valence-corrected chi connectivity index (χ3v) is 4.82. The van der Waals surface area contributed by atoms with E-state index in [2.05, 4.69) is 35.5 Å². The second-order valence-corrected chi connectivity index (χ2v) is 7.27. The Balaban J connectivity index is 1.50. The molecule has 0 saturated heterocycles. The first kappa shape index (κ1) is 17.9. The van der Waals surface area contributed by atoms with E-state index >= 15 is 0 Å². The van der Waals surface area contributed by atoms with Gasteiger partial charge in [0.05, 0.1) is 5.25 Å². The fourth-order valence-corrected chi connectivity index (χ4v) is 3.30. The minimum atomic E-state index is -0.110. The van der Waals surface area contributed by atoms with Crippen molar-refractivity contribution in [3.63, 3.8) is 0 Å². The van der Waals surface area contributed by atoms with Gasteiger partial charge in [0, 0.05) is 11.3 Å². The molecule has 0 aliphatic rings. The van der Waals surface area contributed by atoms with E-state index in [4.69, 9.17) is 5.73 Å². The van der Waals surface area contributed by atoms with E-state index in [0.29, 0.717) is 16.9 Å². The zero-order valence-electron chi connectivity index (χ0n) is 15.1. The van der Waals surface area contributed by atoms with Gasteiger partial charge in [0.15, 0.2) is 5.82 Å². The number of hydrogen-bond acceptors (Lipinski definition) is 8. The molecule has 9 heteroatoms. The molecule has 0 aliphatic carbocycles. The summed E-state index contributed by atoms with van der Waals surface area (Å²) in [5.74, 6) is 1.84. The third kappa shape index (κ3) is 4.26. The van der Waals surface area contributed by atoms with Crippen molar-refractivity contribution < 1.29 is 0 Å². The normalized spacial score (nSPS) is 11.9. The first-order chi connectivity index (χ1) is 13.7. The van der Waals surface area contributed by atoms with E-state index < -0.39 is 0 Å². The predicted molar refractivity (Wildman–Crippen MR) is 110 cm³/mol. The van der Waals surface area contributed by atoms with Crippen LogP contribution in [0.15, 0.2) is 65.8 Å². The van der Waals surface area contributed by atoms with Crippen molar-refractivity contribution in [2.24, 2.45) is 0 Å². The SMILES string of the molecule is C[C@H](Sc1n[nH]c(-c2ccccc2)n1)c1nc(N)nc(Nc2ccccc2)n1. The Labute approximate surface area is 166 Å². The van der Waals surface area contributed by atoms with Crippen LogP contribution in [0.2, 0.25) is 0 Å². The zero-order chi connectivity index (χ0) is 19.3. The quantitative estimate of drug-likeness (QED) is 0.425. The smallest absolute Gasteiger partial charge is 0.232 e. The van der Waals surface area contributed by atoms with E-state index in [0.717, 1.165) is 17.1 Å². The number of rotatable bonds is 6. The number of hydrogen-bond donors (Lipinski definition) is 3. The lowest BCUT2D eigenvalue weighted by Crippen LogP contribution is -2.08. The van der Waals surface area contributed by atoms with Gasteiger partial charge in [0.1, 0.15) is 5.82 Å². The molecule has 140 valence electrons. The maximum atomic E-state index is 5.88. The lowest BCUT2D eigenvalue weighted by atomic mass is 10.2. The minimum absolute atomic E-state index is 0.110. The van der Waals surface area contributed by atoms with Crippen LogP contribution in [0.5, 0.6) is 0 Å². The lowest BCUT2D eigenvalue weighted by molar-refractivity contribution is 0.884. The van der Waals surface area contributed by atoms with Gasteiger partial charge in [-0.25, -0.2) is 4.98 Å². The van der Waals surface area contributed by atoms with Gasteiger partial charge in [0.2, 0.25) is 17.1 Å². The molecule has 4 rings (SSSR count). The average Bonchev–Trinajstić information content (AvgIpc) is 3.17. The summed E-state index contributed by atoms with van der Waals surface area (Å²) in [5.41, 5.74) is 7.73. The van der Waals surface area contributed by atoms with Gasteiger partial charge in [-0.3, -0.25) is 5.10 Å². The number of nitrogens with two attached hydrogens (primary N) is 1. The van der Waals surface area contributed by atoms with Gasteiger partial charge in [0.25, 0.3) is 0 Å². The van der Waals surface area contributed by atoms with Gasteiger partial charge in [-0.05, 0) is 19.1 Å². The Kier molecular flexibility index (Phi) is 5.16. The summed E-state index contributed by atoms with van der Waals surface area (Å²) in [6.45, 7) is 1.98. The summed E-state index contributed by atoms with van der Waals surface area (Å²) in [6.07, 6.45) is 0. The van der Waals surface area contributed by atoms with Crippen molar-refractivity contribution in [3.8, 4) is 11.4 Å². The monoisotopic (exact) mass is 390 g/mol. The van der Waals surface area contributed by atoms with Crippen LogP contribution in [0.25, 0.3) is 11.4 Å². The molecule has 2 heterocycles. The molecule has 28 heavy (non-hydrogen) atoms. The second kappa shape index (κ2) is 8.05. The summed E-state index contributed by atoms with van der Waals surface area (Å²) in [6, 6.07) is 19.5. The number of aromatic nitrogens is 6. The van der Waals surface area contributed by atoms with Crippen molar-refractivity contribution in [2.75, 3.05) is 11.1 Å².